The molecule has 1 aromatic carbocycles. The summed E-state index contributed by atoms with van der Waals surface area (Å²) in [7, 11) is 2.13. The third-order valence-electron chi connectivity index (χ3n) is 5.63. The molecule has 5 rings (SSSR count). The molecule has 1 aliphatic heterocycles. The molecule has 0 N–H and O–H groups in total. The summed E-state index contributed by atoms with van der Waals surface area (Å²) in [5.41, 5.74) is 4.86. The van der Waals surface area contributed by atoms with Gasteiger partial charge in [-0.25, -0.2) is 8.91 Å². The van der Waals surface area contributed by atoms with Gasteiger partial charge in [0.1, 0.15) is 11.5 Å². The summed E-state index contributed by atoms with van der Waals surface area (Å²) in [6.07, 6.45) is 5.42. The molecule has 4 heterocycles. The number of likely N-dealkylation sites (N-methyl/N-ethyl adjacent to an activating group) is 1. The minimum Gasteiger partial charge on any atom is -0.472 e. The Morgan fingerprint density at radius 1 is 1.14 bits per heavy atom. The topological polar surface area (TPSA) is 49.8 Å². The predicted molar refractivity (Wildman–Crippen MR) is 108 cm³/mol. The zero-order valence-electron chi connectivity index (χ0n) is 16.2. The summed E-state index contributed by atoms with van der Waals surface area (Å²) >= 11 is 0. The Bertz CT molecular complexity index is 1120. The molecular weight excluding hydrogens is 369 g/mol. The highest BCUT2D eigenvalue weighted by Gasteiger charge is 2.29. The Hall–Kier alpha value is -3.03. The Morgan fingerprint density at radius 3 is 2.90 bits per heavy atom. The molecule has 7 heteroatoms. The number of rotatable bonds is 4. The minimum atomic E-state index is -0.247. The van der Waals surface area contributed by atoms with Gasteiger partial charge in [-0.2, -0.15) is 0 Å². The summed E-state index contributed by atoms with van der Waals surface area (Å²) in [6.45, 7) is 3.70. The van der Waals surface area contributed by atoms with E-state index in [4.69, 9.17) is 4.42 Å². The van der Waals surface area contributed by atoms with E-state index in [0.717, 1.165) is 48.5 Å². The van der Waals surface area contributed by atoms with Crippen molar-refractivity contribution in [3.63, 3.8) is 0 Å². The number of halogens is 1. The SMILES string of the molecule is CN1CCN(Cc2ccoc2)C[C@@H]1c1nnn2cc(-c3cccc(F)c3)ccc12. The number of hydrogen-bond acceptors (Lipinski definition) is 5. The molecule has 0 aliphatic carbocycles. The molecule has 0 saturated carbocycles. The van der Waals surface area contributed by atoms with Crippen LogP contribution >= 0.6 is 0 Å². The van der Waals surface area contributed by atoms with Gasteiger partial charge >= 0.3 is 0 Å². The third-order valence-corrected chi connectivity index (χ3v) is 5.63. The molecular formula is C22H22FN5O. The fraction of sp³-hybridized carbons (Fsp3) is 0.273. The van der Waals surface area contributed by atoms with Gasteiger partial charge in [-0.05, 0) is 36.9 Å². The highest BCUT2D eigenvalue weighted by Crippen LogP contribution is 2.28. The number of piperazine rings is 1. The average Bonchev–Trinajstić information content (AvgIpc) is 3.39. The second-order valence-corrected chi connectivity index (χ2v) is 7.60. The Balaban J connectivity index is 1.43. The van der Waals surface area contributed by atoms with Crippen LogP contribution in [0.25, 0.3) is 16.6 Å². The second kappa shape index (κ2) is 7.42. The normalized spacial score (nSPS) is 18.5. The van der Waals surface area contributed by atoms with E-state index >= 15 is 0 Å². The van der Waals surface area contributed by atoms with Crippen molar-refractivity contribution in [3.8, 4) is 11.1 Å². The number of nitrogens with zero attached hydrogens (tertiary/aromatic N) is 5. The van der Waals surface area contributed by atoms with Gasteiger partial charge in [0, 0.05) is 43.5 Å². The molecule has 148 valence electrons. The summed E-state index contributed by atoms with van der Waals surface area (Å²) in [5, 5.41) is 8.86. The first-order chi connectivity index (χ1) is 14.2. The van der Waals surface area contributed by atoms with Crippen molar-refractivity contribution < 1.29 is 8.81 Å². The number of benzene rings is 1. The standard InChI is InChI=1S/C22H22FN5O/c1-26-8-9-27(12-16-7-10-29-15-16)14-21(26)22-20-6-5-18(13-28(20)25-24-22)17-3-2-4-19(23)11-17/h2-7,10-11,13,15,21H,8-9,12,14H2,1H3/t21-/m1/s1. The number of hydrogen-bond donors (Lipinski definition) is 0. The molecule has 6 nitrogen and oxygen atoms in total. The van der Waals surface area contributed by atoms with Crippen LogP contribution in [0.5, 0.6) is 0 Å². The summed E-state index contributed by atoms with van der Waals surface area (Å²) in [4.78, 5) is 4.75. The number of furan rings is 1. The van der Waals surface area contributed by atoms with Gasteiger partial charge in [0.2, 0.25) is 0 Å². The quantitative estimate of drug-likeness (QED) is 0.532. The lowest BCUT2D eigenvalue weighted by Gasteiger charge is -2.38. The molecule has 0 amide bonds. The molecule has 1 saturated heterocycles. The molecule has 0 spiro atoms. The maximum Gasteiger partial charge on any atom is 0.123 e. The van der Waals surface area contributed by atoms with Crippen LogP contribution in [0.15, 0.2) is 65.6 Å². The smallest absolute Gasteiger partial charge is 0.123 e. The van der Waals surface area contributed by atoms with Crippen LogP contribution < -0.4 is 0 Å². The van der Waals surface area contributed by atoms with E-state index in [9.17, 15) is 4.39 Å². The van der Waals surface area contributed by atoms with Crippen LogP contribution in [0.3, 0.4) is 0 Å². The van der Waals surface area contributed by atoms with Crippen LogP contribution in [-0.2, 0) is 6.54 Å². The van der Waals surface area contributed by atoms with E-state index in [1.165, 1.54) is 17.7 Å². The van der Waals surface area contributed by atoms with Crippen LogP contribution in [0, 0.1) is 5.82 Å². The fourth-order valence-corrected chi connectivity index (χ4v) is 4.00. The van der Waals surface area contributed by atoms with Crippen molar-refractivity contribution in [2.24, 2.45) is 0 Å². The molecule has 29 heavy (non-hydrogen) atoms. The Morgan fingerprint density at radius 2 is 2.07 bits per heavy atom. The molecule has 1 atom stereocenters. The van der Waals surface area contributed by atoms with Gasteiger partial charge < -0.3 is 4.42 Å². The number of aromatic nitrogens is 3. The van der Waals surface area contributed by atoms with Crippen molar-refractivity contribution in [2.75, 3.05) is 26.7 Å². The lowest BCUT2D eigenvalue weighted by molar-refractivity contribution is 0.0888. The first-order valence-corrected chi connectivity index (χ1v) is 9.72. The van der Waals surface area contributed by atoms with Gasteiger partial charge in [-0.1, -0.05) is 23.4 Å². The van der Waals surface area contributed by atoms with Crippen LogP contribution in [0.1, 0.15) is 17.3 Å². The minimum absolute atomic E-state index is 0.160. The predicted octanol–water partition coefficient (Wildman–Crippen LogP) is 3.62. The Labute approximate surface area is 168 Å². The van der Waals surface area contributed by atoms with Crippen LogP contribution in [0.4, 0.5) is 4.39 Å². The Kier molecular flexibility index (Phi) is 4.61. The van der Waals surface area contributed by atoms with Crippen LogP contribution in [-0.4, -0.2) is 51.3 Å². The van der Waals surface area contributed by atoms with Crippen molar-refractivity contribution in [3.05, 3.63) is 78.3 Å². The molecule has 0 bridgehead atoms. The van der Waals surface area contributed by atoms with E-state index < -0.39 is 0 Å². The number of pyridine rings is 1. The van der Waals surface area contributed by atoms with Crippen molar-refractivity contribution >= 4 is 5.52 Å². The van der Waals surface area contributed by atoms with E-state index in [2.05, 4.69) is 27.2 Å². The van der Waals surface area contributed by atoms with Crippen molar-refractivity contribution in [2.45, 2.75) is 12.6 Å². The molecule has 3 aromatic heterocycles. The van der Waals surface area contributed by atoms with Gasteiger partial charge in [0.05, 0.1) is 24.1 Å². The average molecular weight is 391 g/mol. The highest BCUT2D eigenvalue weighted by molar-refractivity contribution is 5.66. The van der Waals surface area contributed by atoms with Crippen molar-refractivity contribution in [1.29, 1.82) is 0 Å². The van der Waals surface area contributed by atoms with Gasteiger partial charge in [-0.3, -0.25) is 9.80 Å². The first-order valence-electron chi connectivity index (χ1n) is 9.72. The monoisotopic (exact) mass is 391 g/mol. The fourth-order valence-electron chi connectivity index (χ4n) is 4.00. The maximum atomic E-state index is 13.6. The number of fused-ring (bicyclic) bond motifs is 1. The zero-order chi connectivity index (χ0) is 19.8. The molecule has 1 aliphatic rings. The van der Waals surface area contributed by atoms with Gasteiger partial charge in [0.15, 0.2) is 0 Å². The molecule has 0 radical (unpaired) electrons. The maximum absolute atomic E-state index is 13.6. The zero-order valence-corrected chi connectivity index (χ0v) is 16.2. The molecule has 4 aromatic rings. The highest BCUT2D eigenvalue weighted by atomic mass is 19.1. The van der Waals surface area contributed by atoms with E-state index in [1.807, 2.05) is 30.5 Å². The summed E-state index contributed by atoms with van der Waals surface area (Å²) in [6, 6.07) is 12.8. The lowest BCUT2D eigenvalue weighted by atomic mass is 10.1. The van der Waals surface area contributed by atoms with E-state index in [-0.39, 0.29) is 11.9 Å². The third kappa shape index (κ3) is 3.54. The molecule has 0 unspecified atom stereocenters. The van der Waals surface area contributed by atoms with Gasteiger partial charge in [0.25, 0.3) is 0 Å². The second-order valence-electron chi connectivity index (χ2n) is 7.60. The summed E-state index contributed by atoms with van der Waals surface area (Å²) < 4.78 is 20.6. The van der Waals surface area contributed by atoms with E-state index in [1.54, 1.807) is 23.1 Å². The van der Waals surface area contributed by atoms with E-state index in [0.29, 0.717) is 0 Å². The van der Waals surface area contributed by atoms with Crippen molar-refractivity contribution in [1.82, 2.24) is 24.6 Å². The largest absolute Gasteiger partial charge is 0.472 e. The van der Waals surface area contributed by atoms with Crippen LogP contribution in [0.2, 0.25) is 0 Å². The molecule has 1 fully saturated rings. The summed E-state index contributed by atoms with van der Waals surface area (Å²) in [5.74, 6) is -0.247. The first kappa shape index (κ1) is 18.0. The lowest BCUT2D eigenvalue weighted by Crippen LogP contribution is -2.46. The van der Waals surface area contributed by atoms with Gasteiger partial charge in [-0.15, -0.1) is 5.10 Å².